The first-order valence-electron chi connectivity index (χ1n) is 5.07. The third kappa shape index (κ3) is 2.93. The van der Waals surface area contributed by atoms with Crippen LogP contribution < -0.4 is 5.43 Å². The number of carbonyl (C=O) groups is 1. The van der Waals surface area contributed by atoms with E-state index in [1.165, 1.54) is 17.8 Å². The molecule has 3 nitrogen and oxygen atoms in total. The number of halogens is 1. The summed E-state index contributed by atoms with van der Waals surface area (Å²) in [6, 6.07) is 3.50. The van der Waals surface area contributed by atoms with Crippen molar-refractivity contribution in [3.05, 3.63) is 21.3 Å². The van der Waals surface area contributed by atoms with E-state index < -0.39 is 0 Å². The molecule has 0 bridgehead atoms. The van der Waals surface area contributed by atoms with Gasteiger partial charge in [0.2, 0.25) is 0 Å². The van der Waals surface area contributed by atoms with E-state index in [4.69, 9.17) is 11.6 Å². The highest BCUT2D eigenvalue weighted by molar-refractivity contribution is 7.17. The molecule has 0 spiro atoms. The molecular weight excluding hydrogens is 232 g/mol. The standard InChI is InChI=1S/C10H13ClN2OS/c11-9-5-4-8(15-9)10(14)12-13-6-2-1-3-7-13/h4-5H,1-3,6-7H2,(H,12,14). The van der Waals surface area contributed by atoms with Crippen molar-refractivity contribution in [2.75, 3.05) is 13.1 Å². The molecular formula is C10H13ClN2OS. The molecule has 1 aromatic rings. The van der Waals surface area contributed by atoms with Gasteiger partial charge < -0.3 is 0 Å². The molecule has 1 aromatic heterocycles. The lowest BCUT2D eigenvalue weighted by Crippen LogP contribution is -2.44. The van der Waals surface area contributed by atoms with Gasteiger partial charge in [-0.2, -0.15) is 0 Å². The van der Waals surface area contributed by atoms with Gasteiger partial charge in [0.05, 0.1) is 9.21 Å². The van der Waals surface area contributed by atoms with Crippen molar-refractivity contribution in [1.82, 2.24) is 10.4 Å². The lowest BCUT2D eigenvalue weighted by Gasteiger charge is -2.26. The van der Waals surface area contributed by atoms with Crippen LogP contribution in [0, 0.1) is 0 Å². The van der Waals surface area contributed by atoms with Gasteiger partial charge in [-0.15, -0.1) is 11.3 Å². The second-order valence-corrected chi connectivity index (χ2v) is 5.31. The predicted octanol–water partition coefficient (Wildman–Crippen LogP) is 2.53. The minimum atomic E-state index is -0.0474. The van der Waals surface area contributed by atoms with Crippen molar-refractivity contribution < 1.29 is 4.79 Å². The molecule has 82 valence electrons. The van der Waals surface area contributed by atoms with Crippen LogP contribution in [-0.4, -0.2) is 24.0 Å². The molecule has 5 heteroatoms. The fourth-order valence-corrected chi connectivity index (χ4v) is 2.57. The summed E-state index contributed by atoms with van der Waals surface area (Å²) in [5.41, 5.74) is 2.89. The van der Waals surface area contributed by atoms with E-state index in [0.29, 0.717) is 9.21 Å². The molecule has 0 aliphatic carbocycles. The Hall–Kier alpha value is -0.580. The Kier molecular flexibility index (Phi) is 3.61. The average molecular weight is 245 g/mol. The number of piperidine rings is 1. The highest BCUT2D eigenvalue weighted by Gasteiger charge is 2.14. The van der Waals surface area contributed by atoms with E-state index in [1.807, 2.05) is 5.01 Å². The fourth-order valence-electron chi connectivity index (χ4n) is 1.64. The number of nitrogens with zero attached hydrogens (tertiary/aromatic N) is 1. The summed E-state index contributed by atoms with van der Waals surface area (Å²) in [7, 11) is 0. The molecule has 15 heavy (non-hydrogen) atoms. The van der Waals surface area contributed by atoms with Crippen LogP contribution in [0.3, 0.4) is 0 Å². The minimum Gasteiger partial charge on any atom is -0.284 e. The Labute approximate surface area is 98.0 Å². The first-order valence-corrected chi connectivity index (χ1v) is 6.26. The summed E-state index contributed by atoms with van der Waals surface area (Å²) in [5.74, 6) is -0.0474. The van der Waals surface area contributed by atoms with Gasteiger partial charge in [0.15, 0.2) is 0 Å². The second-order valence-electron chi connectivity index (χ2n) is 3.59. The highest BCUT2D eigenvalue weighted by atomic mass is 35.5. The number of hydrazine groups is 1. The zero-order valence-corrected chi connectivity index (χ0v) is 9.90. The zero-order chi connectivity index (χ0) is 10.7. The van der Waals surface area contributed by atoms with Gasteiger partial charge in [-0.25, -0.2) is 5.01 Å². The SMILES string of the molecule is O=C(NN1CCCCC1)c1ccc(Cl)s1. The van der Waals surface area contributed by atoms with Crippen LogP contribution in [-0.2, 0) is 0 Å². The number of hydrogen-bond donors (Lipinski definition) is 1. The molecule has 1 fully saturated rings. The van der Waals surface area contributed by atoms with Gasteiger partial charge in [0.25, 0.3) is 5.91 Å². The summed E-state index contributed by atoms with van der Waals surface area (Å²) < 4.78 is 0.652. The molecule has 0 unspecified atom stereocenters. The molecule has 1 amide bonds. The van der Waals surface area contributed by atoms with Gasteiger partial charge in [-0.1, -0.05) is 18.0 Å². The van der Waals surface area contributed by atoms with Gasteiger partial charge in [-0.3, -0.25) is 10.2 Å². The van der Waals surface area contributed by atoms with E-state index >= 15 is 0 Å². The van der Waals surface area contributed by atoms with E-state index in [9.17, 15) is 4.79 Å². The lowest BCUT2D eigenvalue weighted by atomic mass is 10.2. The number of rotatable bonds is 2. The van der Waals surface area contributed by atoms with Gasteiger partial charge in [0, 0.05) is 13.1 Å². The van der Waals surface area contributed by atoms with Gasteiger partial charge in [-0.05, 0) is 25.0 Å². The smallest absolute Gasteiger partial charge is 0.275 e. The van der Waals surface area contributed by atoms with Crippen LogP contribution in [0.4, 0.5) is 0 Å². The van der Waals surface area contributed by atoms with Crippen molar-refractivity contribution in [3.8, 4) is 0 Å². The number of nitrogens with one attached hydrogen (secondary N) is 1. The Bertz CT molecular complexity index is 347. The Morgan fingerprint density at radius 1 is 1.33 bits per heavy atom. The Morgan fingerprint density at radius 2 is 2.07 bits per heavy atom. The predicted molar refractivity (Wildman–Crippen MR) is 62.2 cm³/mol. The van der Waals surface area contributed by atoms with Crippen LogP contribution in [0.2, 0.25) is 4.34 Å². The zero-order valence-electron chi connectivity index (χ0n) is 8.33. The molecule has 2 heterocycles. The third-order valence-electron chi connectivity index (χ3n) is 2.41. The maximum absolute atomic E-state index is 11.7. The molecule has 1 saturated heterocycles. The van der Waals surface area contributed by atoms with Gasteiger partial charge in [0.1, 0.15) is 0 Å². The highest BCUT2D eigenvalue weighted by Crippen LogP contribution is 2.21. The van der Waals surface area contributed by atoms with E-state index in [-0.39, 0.29) is 5.91 Å². The second kappa shape index (κ2) is 4.96. The van der Waals surface area contributed by atoms with Crippen LogP contribution >= 0.6 is 22.9 Å². The van der Waals surface area contributed by atoms with Crippen molar-refractivity contribution in [2.45, 2.75) is 19.3 Å². The Morgan fingerprint density at radius 3 is 2.67 bits per heavy atom. The summed E-state index contributed by atoms with van der Waals surface area (Å²) in [5, 5.41) is 1.99. The van der Waals surface area contributed by atoms with Crippen molar-refractivity contribution >= 4 is 28.8 Å². The van der Waals surface area contributed by atoms with Crippen LogP contribution in [0.15, 0.2) is 12.1 Å². The van der Waals surface area contributed by atoms with E-state index in [1.54, 1.807) is 12.1 Å². The van der Waals surface area contributed by atoms with E-state index in [0.717, 1.165) is 25.9 Å². The molecule has 1 aliphatic rings. The molecule has 0 saturated carbocycles. The average Bonchev–Trinajstić information content (AvgIpc) is 2.66. The monoisotopic (exact) mass is 244 g/mol. The lowest BCUT2D eigenvalue weighted by molar-refractivity contribution is 0.0754. The summed E-state index contributed by atoms with van der Waals surface area (Å²) in [6.45, 7) is 1.90. The van der Waals surface area contributed by atoms with E-state index in [2.05, 4.69) is 5.43 Å². The summed E-state index contributed by atoms with van der Waals surface area (Å²) >= 11 is 7.08. The topological polar surface area (TPSA) is 32.3 Å². The molecule has 0 aromatic carbocycles. The maximum atomic E-state index is 11.7. The number of thiophene rings is 1. The number of carbonyl (C=O) groups excluding carboxylic acids is 1. The summed E-state index contributed by atoms with van der Waals surface area (Å²) in [6.07, 6.45) is 3.58. The third-order valence-corrected chi connectivity index (χ3v) is 3.64. The molecule has 2 rings (SSSR count). The summed E-state index contributed by atoms with van der Waals surface area (Å²) in [4.78, 5) is 12.4. The molecule has 1 N–H and O–H groups in total. The molecule has 0 radical (unpaired) electrons. The normalized spacial score (nSPS) is 17.7. The fraction of sp³-hybridized carbons (Fsp3) is 0.500. The van der Waals surface area contributed by atoms with Crippen LogP contribution in [0.1, 0.15) is 28.9 Å². The van der Waals surface area contributed by atoms with Crippen molar-refractivity contribution in [3.63, 3.8) is 0 Å². The Balaban J connectivity index is 1.91. The van der Waals surface area contributed by atoms with Crippen LogP contribution in [0.25, 0.3) is 0 Å². The minimum absolute atomic E-state index is 0.0474. The van der Waals surface area contributed by atoms with Crippen molar-refractivity contribution in [1.29, 1.82) is 0 Å². The van der Waals surface area contributed by atoms with Gasteiger partial charge >= 0.3 is 0 Å². The number of amides is 1. The van der Waals surface area contributed by atoms with Crippen LogP contribution in [0.5, 0.6) is 0 Å². The largest absolute Gasteiger partial charge is 0.284 e. The van der Waals surface area contributed by atoms with Crippen molar-refractivity contribution in [2.24, 2.45) is 0 Å². The quantitative estimate of drug-likeness (QED) is 0.867. The first kappa shape index (κ1) is 10.9. The first-order chi connectivity index (χ1) is 7.25. The molecule has 0 atom stereocenters. The number of hydrogen-bond acceptors (Lipinski definition) is 3. The molecule has 1 aliphatic heterocycles. The maximum Gasteiger partial charge on any atom is 0.275 e.